The van der Waals surface area contributed by atoms with Crippen LogP contribution in [0.4, 0.5) is 0 Å². The Balaban J connectivity index is 1.82. The Morgan fingerprint density at radius 2 is 1.96 bits per heavy atom. The molecule has 2 aromatic heterocycles. The van der Waals surface area contributed by atoms with Crippen LogP contribution in [0.15, 0.2) is 36.5 Å². The molecule has 0 aliphatic heterocycles. The van der Waals surface area contributed by atoms with Gasteiger partial charge in [-0.15, -0.1) is 0 Å². The Hall–Kier alpha value is -2.60. The van der Waals surface area contributed by atoms with Gasteiger partial charge >= 0.3 is 0 Å². The summed E-state index contributed by atoms with van der Waals surface area (Å²) < 4.78 is 3.35. The number of hydrogen-bond donors (Lipinski definition) is 1. The first kappa shape index (κ1) is 16.3. The summed E-state index contributed by atoms with van der Waals surface area (Å²) in [4.78, 5) is 12.3. The molecule has 0 aliphatic rings. The van der Waals surface area contributed by atoms with E-state index >= 15 is 0 Å². The Morgan fingerprint density at radius 1 is 1.25 bits per heavy atom. The first-order chi connectivity index (χ1) is 11.5. The van der Waals surface area contributed by atoms with Crippen molar-refractivity contribution in [3.63, 3.8) is 0 Å². The van der Waals surface area contributed by atoms with Crippen LogP contribution in [0.5, 0.6) is 0 Å². The minimum atomic E-state index is -0.258. The monoisotopic (exact) mass is 343 g/mol. The molecule has 2 heterocycles. The van der Waals surface area contributed by atoms with Gasteiger partial charge in [-0.2, -0.15) is 10.2 Å². The normalized spacial score (nSPS) is 10.8. The van der Waals surface area contributed by atoms with Crippen molar-refractivity contribution in [2.24, 2.45) is 7.05 Å². The number of rotatable bonds is 4. The molecule has 24 heavy (non-hydrogen) atoms. The summed E-state index contributed by atoms with van der Waals surface area (Å²) in [6.07, 6.45) is 1.46. The largest absolute Gasteiger partial charge is 0.346 e. The van der Waals surface area contributed by atoms with E-state index in [0.717, 1.165) is 22.6 Å². The second-order valence-electron chi connectivity index (χ2n) is 5.54. The smallest absolute Gasteiger partial charge is 0.271 e. The molecule has 0 atom stereocenters. The third-order valence-electron chi connectivity index (χ3n) is 3.98. The minimum absolute atomic E-state index is 0.258. The number of amides is 1. The van der Waals surface area contributed by atoms with E-state index < -0.39 is 0 Å². The van der Waals surface area contributed by atoms with Gasteiger partial charge in [0.05, 0.1) is 22.6 Å². The fourth-order valence-corrected chi connectivity index (χ4v) is 2.92. The molecule has 0 radical (unpaired) electrons. The van der Waals surface area contributed by atoms with Gasteiger partial charge in [0.15, 0.2) is 0 Å². The van der Waals surface area contributed by atoms with E-state index in [1.54, 1.807) is 7.05 Å². The molecule has 0 bridgehead atoms. The lowest BCUT2D eigenvalue weighted by Gasteiger charge is -2.07. The second-order valence-corrected chi connectivity index (χ2v) is 5.95. The van der Waals surface area contributed by atoms with Crippen molar-refractivity contribution in [3.05, 3.63) is 64.2 Å². The fourth-order valence-electron chi connectivity index (χ4n) is 2.67. The van der Waals surface area contributed by atoms with Crippen molar-refractivity contribution in [3.8, 4) is 5.69 Å². The molecule has 0 unspecified atom stereocenters. The van der Waals surface area contributed by atoms with Crippen molar-refractivity contribution in [1.82, 2.24) is 24.9 Å². The second kappa shape index (κ2) is 6.49. The average Bonchev–Trinajstić information content (AvgIpc) is 3.05. The molecule has 1 aromatic carbocycles. The van der Waals surface area contributed by atoms with E-state index in [0.29, 0.717) is 17.3 Å². The van der Waals surface area contributed by atoms with Gasteiger partial charge in [-0.3, -0.25) is 9.48 Å². The highest BCUT2D eigenvalue weighted by Gasteiger charge is 2.18. The maximum atomic E-state index is 12.3. The average molecular weight is 344 g/mol. The van der Waals surface area contributed by atoms with Gasteiger partial charge in [-0.1, -0.05) is 29.8 Å². The lowest BCUT2D eigenvalue weighted by molar-refractivity contribution is 0.0941. The molecular formula is C17H18ClN5O. The highest BCUT2D eigenvalue weighted by atomic mass is 35.5. The minimum Gasteiger partial charge on any atom is -0.346 e. The molecule has 0 aliphatic carbocycles. The van der Waals surface area contributed by atoms with Gasteiger partial charge in [-0.05, 0) is 26.0 Å². The first-order valence-electron chi connectivity index (χ1n) is 7.55. The number of aryl methyl sites for hydroxylation is 2. The summed E-state index contributed by atoms with van der Waals surface area (Å²) in [5, 5.41) is 11.8. The van der Waals surface area contributed by atoms with Crippen molar-refractivity contribution < 1.29 is 4.79 Å². The van der Waals surface area contributed by atoms with Crippen molar-refractivity contribution in [2.45, 2.75) is 20.4 Å². The summed E-state index contributed by atoms with van der Waals surface area (Å²) in [5.74, 6) is -0.258. The molecule has 0 saturated heterocycles. The zero-order valence-electron chi connectivity index (χ0n) is 13.7. The van der Waals surface area contributed by atoms with E-state index in [2.05, 4.69) is 15.5 Å². The van der Waals surface area contributed by atoms with Crippen molar-refractivity contribution >= 4 is 17.5 Å². The molecule has 1 amide bonds. The van der Waals surface area contributed by atoms with Gasteiger partial charge in [0.25, 0.3) is 5.91 Å². The third-order valence-corrected chi connectivity index (χ3v) is 4.25. The van der Waals surface area contributed by atoms with Crippen molar-refractivity contribution in [2.75, 3.05) is 0 Å². The van der Waals surface area contributed by atoms with Gasteiger partial charge in [0.1, 0.15) is 5.69 Å². The van der Waals surface area contributed by atoms with E-state index in [9.17, 15) is 4.79 Å². The Morgan fingerprint density at radius 3 is 2.58 bits per heavy atom. The highest BCUT2D eigenvalue weighted by Crippen LogP contribution is 2.18. The van der Waals surface area contributed by atoms with Crippen LogP contribution in [0.1, 0.15) is 27.4 Å². The van der Waals surface area contributed by atoms with Crippen LogP contribution in [0, 0.1) is 13.8 Å². The zero-order chi connectivity index (χ0) is 17.3. The molecule has 3 rings (SSSR count). The fraction of sp³-hybridized carbons (Fsp3) is 0.235. The summed E-state index contributed by atoms with van der Waals surface area (Å²) in [5.41, 5.74) is 4.21. The van der Waals surface area contributed by atoms with Crippen LogP contribution in [0.25, 0.3) is 5.69 Å². The number of para-hydroxylation sites is 1. The highest BCUT2D eigenvalue weighted by molar-refractivity contribution is 6.33. The first-order valence-corrected chi connectivity index (χ1v) is 7.93. The summed E-state index contributed by atoms with van der Waals surface area (Å²) in [6.45, 7) is 4.31. The Labute approximate surface area is 145 Å². The molecule has 7 heteroatoms. The van der Waals surface area contributed by atoms with Crippen LogP contribution in [-0.2, 0) is 13.6 Å². The van der Waals surface area contributed by atoms with Crippen LogP contribution in [0.3, 0.4) is 0 Å². The lowest BCUT2D eigenvalue weighted by Crippen LogP contribution is -2.26. The van der Waals surface area contributed by atoms with Gasteiger partial charge in [0, 0.05) is 24.8 Å². The lowest BCUT2D eigenvalue weighted by atomic mass is 10.2. The standard InChI is InChI=1S/C17H18ClN5O/c1-11-14(9-19-17(24)16-15(18)10-20-22(16)3)12(2)23(21-11)13-7-5-4-6-8-13/h4-8,10H,9H2,1-3H3,(H,19,24). The molecule has 0 fully saturated rings. The number of aromatic nitrogens is 4. The topological polar surface area (TPSA) is 64.7 Å². The predicted molar refractivity (Wildman–Crippen MR) is 92.4 cm³/mol. The number of nitrogens with zero attached hydrogens (tertiary/aromatic N) is 4. The summed E-state index contributed by atoms with van der Waals surface area (Å²) in [7, 11) is 1.69. The predicted octanol–water partition coefficient (Wildman–Crippen LogP) is 2.81. The molecule has 0 saturated carbocycles. The summed E-state index contributed by atoms with van der Waals surface area (Å²) in [6, 6.07) is 9.90. The number of carbonyl (C=O) groups is 1. The maximum absolute atomic E-state index is 12.3. The zero-order valence-corrected chi connectivity index (χ0v) is 14.5. The molecule has 6 nitrogen and oxygen atoms in total. The van der Waals surface area contributed by atoms with E-state index in [1.807, 2.05) is 48.9 Å². The van der Waals surface area contributed by atoms with Crippen LogP contribution >= 0.6 is 11.6 Å². The Kier molecular flexibility index (Phi) is 4.40. The number of benzene rings is 1. The number of hydrogen-bond acceptors (Lipinski definition) is 3. The summed E-state index contributed by atoms with van der Waals surface area (Å²) >= 11 is 6.01. The van der Waals surface area contributed by atoms with Crippen LogP contribution < -0.4 is 5.32 Å². The Bertz CT molecular complexity index is 863. The third kappa shape index (κ3) is 2.92. The maximum Gasteiger partial charge on any atom is 0.271 e. The number of carbonyl (C=O) groups excluding carboxylic acids is 1. The van der Waals surface area contributed by atoms with Gasteiger partial charge < -0.3 is 5.32 Å². The SMILES string of the molecule is Cc1nn(-c2ccccc2)c(C)c1CNC(=O)c1c(Cl)cnn1C. The van der Waals surface area contributed by atoms with Gasteiger partial charge in [-0.25, -0.2) is 4.68 Å². The van der Waals surface area contributed by atoms with Crippen molar-refractivity contribution in [1.29, 1.82) is 0 Å². The van der Waals surface area contributed by atoms with E-state index in [-0.39, 0.29) is 5.91 Å². The van der Waals surface area contributed by atoms with Crippen LogP contribution in [-0.4, -0.2) is 25.5 Å². The van der Waals surface area contributed by atoms with E-state index in [1.165, 1.54) is 10.9 Å². The molecule has 0 spiro atoms. The van der Waals surface area contributed by atoms with Gasteiger partial charge in [0.2, 0.25) is 0 Å². The molecule has 3 aromatic rings. The number of halogens is 1. The van der Waals surface area contributed by atoms with E-state index in [4.69, 9.17) is 11.6 Å². The number of nitrogens with one attached hydrogen (secondary N) is 1. The molecule has 1 N–H and O–H groups in total. The van der Waals surface area contributed by atoms with Crippen LogP contribution in [0.2, 0.25) is 5.02 Å². The molecular weight excluding hydrogens is 326 g/mol. The molecule has 124 valence electrons. The quantitative estimate of drug-likeness (QED) is 0.792.